The van der Waals surface area contributed by atoms with Crippen LogP contribution in [0.2, 0.25) is 0 Å². The third-order valence-electron chi connectivity index (χ3n) is 6.77. The van der Waals surface area contributed by atoms with Crippen molar-refractivity contribution in [3.63, 3.8) is 0 Å². The maximum atomic E-state index is 10.6. The van der Waals surface area contributed by atoms with Crippen molar-refractivity contribution in [1.29, 1.82) is 0 Å². The first kappa shape index (κ1) is 13.2. The third kappa shape index (κ3) is 1.32. The Balaban J connectivity index is 1.80. The van der Waals surface area contributed by atoms with Gasteiger partial charge in [0.05, 0.1) is 13.2 Å². The van der Waals surface area contributed by atoms with E-state index in [2.05, 4.69) is 18.0 Å². The van der Waals surface area contributed by atoms with Gasteiger partial charge < -0.3 is 19.5 Å². The van der Waals surface area contributed by atoms with Gasteiger partial charge in [-0.2, -0.15) is 0 Å². The largest absolute Gasteiger partial charge is 0.493 e. The number of benzene rings is 1. The maximum Gasteiger partial charge on any atom is 0.165 e. The number of hydrogen-bond acceptors (Lipinski definition) is 4. The first-order valence-corrected chi connectivity index (χ1v) is 8.42. The lowest BCUT2D eigenvalue weighted by atomic mass is 9.51. The number of ether oxygens (including phenoxy) is 2. The second kappa shape index (κ2) is 4.18. The number of likely N-dealkylation sites (tertiary alicyclic amines) is 1. The molecule has 1 aromatic carbocycles. The molecule has 1 unspecified atom stereocenters. The zero-order valence-corrected chi connectivity index (χ0v) is 13.2. The van der Waals surface area contributed by atoms with Gasteiger partial charge in [-0.15, -0.1) is 0 Å². The topological polar surface area (TPSA) is 41.9 Å². The van der Waals surface area contributed by atoms with Crippen LogP contribution in [-0.4, -0.2) is 49.0 Å². The minimum Gasteiger partial charge on any atom is -0.493 e. The number of aliphatic hydroxyl groups excluding tert-OH is 1. The van der Waals surface area contributed by atoms with E-state index in [9.17, 15) is 5.11 Å². The summed E-state index contributed by atoms with van der Waals surface area (Å²) in [5.74, 6) is 2.34. The van der Waals surface area contributed by atoms with Crippen LogP contribution in [0.15, 0.2) is 12.1 Å². The van der Waals surface area contributed by atoms with Gasteiger partial charge in [-0.1, -0.05) is 6.07 Å². The standard InChI is InChI=1S/C18H23NO3/c1-19-8-7-18-11-4-5-13(20)17(18)22-16-14(21-2)6-3-10(15(16)18)9-12(11)19/h3,6,11-13,17,20H,4-5,7-9H2,1-2H3/t11-,12+,13-,17?,18-/m0/s1. The SMILES string of the molecule is COc1ccc2c3c1OC1[C@@H](O)CC[C@H]4[C@@H](C2)N(C)CC[C@]314. The fourth-order valence-electron chi connectivity index (χ4n) is 5.86. The minimum absolute atomic E-state index is 0.00625. The molecule has 1 spiro atoms. The molecule has 1 saturated heterocycles. The summed E-state index contributed by atoms with van der Waals surface area (Å²) in [6.07, 6.45) is 3.69. The van der Waals surface area contributed by atoms with Crippen molar-refractivity contribution in [2.75, 3.05) is 20.7 Å². The Morgan fingerprint density at radius 1 is 1.36 bits per heavy atom. The van der Waals surface area contributed by atoms with Gasteiger partial charge in [0.15, 0.2) is 11.5 Å². The number of hydrogen-bond donors (Lipinski definition) is 1. The van der Waals surface area contributed by atoms with Crippen molar-refractivity contribution in [1.82, 2.24) is 4.90 Å². The molecule has 0 amide bonds. The predicted molar refractivity (Wildman–Crippen MR) is 82.6 cm³/mol. The first-order chi connectivity index (χ1) is 10.7. The van der Waals surface area contributed by atoms with Crippen LogP contribution >= 0.6 is 0 Å². The Morgan fingerprint density at radius 3 is 3.05 bits per heavy atom. The molecular weight excluding hydrogens is 278 g/mol. The number of likely N-dealkylation sites (N-methyl/N-ethyl adjacent to an activating group) is 1. The molecular formula is C18H23NO3. The minimum atomic E-state index is -0.358. The zero-order chi connectivity index (χ0) is 15.1. The summed E-state index contributed by atoms with van der Waals surface area (Å²) in [4.78, 5) is 2.52. The van der Waals surface area contributed by atoms with Crippen LogP contribution in [-0.2, 0) is 11.8 Å². The summed E-state index contributed by atoms with van der Waals surface area (Å²) in [5.41, 5.74) is 2.77. The maximum absolute atomic E-state index is 10.6. The highest BCUT2D eigenvalue weighted by atomic mass is 16.5. The molecule has 1 saturated carbocycles. The Morgan fingerprint density at radius 2 is 2.23 bits per heavy atom. The number of methoxy groups -OCH3 is 1. The van der Waals surface area contributed by atoms with Gasteiger partial charge in [0, 0.05) is 17.0 Å². The zero-order valence-electron chi connectivity index (χ0n) is 13.2. The molecule has 5 rings (SSSR count). The second-order valence-corrected chi connectivity index (χ2v) is 7.46. The van der Waals surface area contributed by atoms with E-state index in [1.165, 1.54) is 11.1 Å². The van der Waals surface area contributed by atoms with Gasteiger partial charge in [0.2, 0.25) is 0 Å². The highest BCUT2D eigenvalue weighted by Crippen LogP contribution is 2.63. The highest BCUT2D eigenvalue weighted by Gasteiger charge is 2.65. The Kier molecular flexibility index (Phi) is 2.51. The van der Waals surface area contributed by atoms with Gasteiger partial charge in [-0.25, -0.2) is 0 Å². The molecule has 2 bridgehead atoms. The van der Waals surface area contributed by atoms with Crippen molar-refractivity contribution in [3.05, 3.63) is 23.3 Å². The van der Waals surface area contributed by atoms with E-state index in [0.717, 1.165) is 43.7 Å². The quantitative estimate of drug-likeness (QED) is 0.858. The summed E-state index contributed by atoms with van der Waals surface area (Å²) in [6.45, 7) is 1.09. The predicted octanol–water partition coefficient (Wildman–Crippen LogP) is 1.73. The van der Waals surface area contributed by atoms with Crippen LogP contribution < -0.4 is 9.47 Å². The smallest absolute Gasteiger partial charge is 0.165 e. The van der Waals surface area contributed by atoms with Gasteiger partial charge in [0.1, 0.15) is 6.10 Å². The van der Waals surface area contributed by atoms with Crippen LogP contribution in [0.1, 0.15) is 30.4 Å². The lowest BCUT2D eigenvalue weighted by Crippen LogP contribution is -2.66. The Bertz CT molecular complexity index is 645. The lowest BCUT2D eigenvalue weighted by Gasteiger charge is -2.58. The van der Waals surface area contributed by atoms with E-state index in [4.69, 9.17) is 9.47 Å². The summed E-state index contributed by atoms with van der Waals surface area (Å²) in [5, 5.41) is 10.6. The monoisotopic (exact) mass is 301 g/mol. The average Bonchev–Trinajstić information content (AvgIpc) is 2.88. The molecule has 0 aromatic heterocycles. The third-order valence-corrected chi connectivity index (χ3v) is 6.77. The summed E-state index contributed by atoms with van der Waals surface area (Å²) < 4.78 is 11.9. The molecule has 2 fully saturated rings. The van der Waals surface area contributed by atoms with Gasteiger partial charge >= 0.3 is 0 Å². The van der Waals surface area contributed by atoms with Crippen molar-refractivity contribution in [3.8, 4) is 11.5 Å². The Labute approximate surface area is 131 Å². The summed E-state index contributed by atoms with van der Waals surface area (Å²) in [6, 6.07) is 4.83. The molecule has 2 aliphatic heterocycles. The highest BCUT2D eigenvalue weighted by molar-refractivity contribution is 5.61. The molecule has 1 N–H and O–H groups in total. The molecule has 4 nitrogen and oxygen atoms in total. The fraction of sp³-hybridized carbons (Fsp3) is 0.667. The summed E-state index contributed by atoms with van der Waals surface area (Å²) >= 11 is 0. The molecule has 4 aliphatic rings. The molecule has 118 valence electrons. The van der Waals surface area contributed by atoms with Crippen molar-refractivity contribution in [2.45, 2.75) is 49.3 Å². The van der Waals surface area contributed by atoms with Gasteiger partial charge in [-0.05, 0) is 56.8 Å². The normalized spacial score (nSPS) is 41.8. The number of piperidine rings is 1. The van der Waals surface area contributed by atoms with Crippen LogP contribution in [0.25, 0.3) is 0 Å². The molecule has 5 atom stereocenters. The second-order valence-electron chi connectivity index (χ2n) is 7.46. The van der Waals surface area contributed by atoms with Crippen LogP contribution in [0.3, 0.4) is 0 Å². The molecule has 0 radical (unpaired) electrons. The van der Waals surface area contributed by atoms with Crippen LogP contribution in [0, 0.1) is 5.92 Å². The van der Waals surface area contributed by atoms with Crippen molar-refractivity contribution >= 4 is 0 Å². The van der Waals surface area contributed by atoms with Crippen LogP contribution in [0.5, 0.6) is 11.5 Å². The fourth-order valence-corrected chi connectivity index (χ4v) is 5.86. The molecule has 1 aromatic rings. The van der Waals surface area contributed by atoms with E-state index in [1.807, 2.05) is 6.07 Å². The van der Waals surface area contributed by atoms with Crippen molar-refractivity contribution < 1.29 is 14.6 Å². The van der Waals surface area contributed by atoms with Gasteiger partial charge in [-0.3, -0.25) is 0 Å². The van der Waals surface area contributed by atoms with E-state index in [0.29, 0.717) is 12.0 Å². The van der Waals surface area contributed by atoms with Crippen LogP contribution in [0.4, 0.5) is 0 Å². The van der Waals surface area contributed by atoms with E-state index < -0.39 is 0 Å². The van der Waals surface area contributed by atoms with E-state index >= 15 is 0 Å². The molecule has 2 aliphatic carbocycles. The number of aliphatic hydroxyl groups is 1. The molecule has 4 heteroatoms. The summed E-state index contributed by atoms with van der Waals surface area (Å²) in [7, 11) is 3.96. The Hall–Kier alpha value is -1.26. The van der Waals surface area contributed by atoms with Gasteiger partial charge in [0.25, 0.3) is 0 Å². The number of nitrogens with zero attached hydrogens (tertiary/aromatic N) is 1. The van der Waals surface area contributed by atoms with E-state index in [1.54, 1.807) is 7.11 Å². The number of rotatable bonds is 1. The molecule has 2 heterocycles. The average molecular weight is 301 g/mol. The van der Waals surface area contributed by atoms with E-state index in [-0.39, 0.29) is 17.6 Å². The van der Waals surface area contributed by atoms with Crippen molar-refractivity contribution in [2.24, 2.45) is 5.92 Å². The lowest BCUT2D eigenvalue weighted by molar-refractivity contribution is -0.0993. The molecule has 22 heavy (non-hydrogen) atoms. The first-order valence-electron chi connectivity index (χ1n) is 8.42.